The van der Waals surface area contributed by atoms with Gasteiger partial charge in [-0.3, -0.25) is 0 Å². The van der Waals surface area contributed by atoms with Gasteiger partial charge >= 0.3 is 0 Å². The molecule has 0 spiro atoms. The Labute approximate surface area is 232 Å². The van der Waals surface area contributed by atoms with Crippen molar-refractivity contribution in [2.24, 2.45) is 0 Å². The lowest BCUT2D eigenvalue weighted by atomic mass is 9.74. The number of rotatable bonds is 3. The number of nitrogens with zero attached hydrogens (tertiary/aromatic N) is 4. The molecule has 0 bridgehead atoms. The molecule has 0 atom stereocenters. The molecule has 190 valence electrons. The van der Waals surface area contributed by atoms with Crippen molar-refractivity contribution in [1.82, 2.24) is 19.5 Å². The van der Waals surface area contributed by atoms with E-state index in [1.54, 1.807) is 0 Å². The summed E-state index contributed by atoms with van der Waals surface area (Å²) in [4.78, 5) is 15.0. The van der Waals surface area contributed by atoms with E-state index in [1.807, 2.05) is 36.4 Å². The molecule has 4 nitrogen and oxygen atoms in total. The summed E-state index contributed by atoms with van der Waals surface area (Å²) in [6, 6.07) is 42.3. The smallest absolute Gasteiger partial charge is 0.164 e. The van der Waals surface area contributed by atoms with Crippen LogP contribution in [0.25, 0.3) is 61.7 Å². The van der Waals surface area contributed by atoms with Crippen LogP contribution < -0.4 is 0 Å². The molecule has 0 unspecified atom stereocenters. The Morgan fingerprint density at radius 3 is 1.73 bits per heavy atom. The molecule has 4 heteroatoms. The molecule has 2 aromatic heterocycles. The molecule has 0 N–H and O–H groups in total. The van der Waals surface area contributed by atoms with Gasteiger partial charge in [-0.15, -0.1) is 0 Å². The maximum atomic E-state index is 5.05. The fraction of sp³-hybridized carbons (Fsp3) is 0.0833. The minimum atomic E-state index is -0.202. The molecule has 8 rings (SSSR count). The van der Waals surface area contributed by atoms with E-state index in [2.05, 4.69) is 103 Å². The van der Waals surface area contributed by atoms with Crippen molar-refractivity contribution >= 4 is 21.8 Å². The quantitative estimate of drug-likeness (QED) is 0.237. The maximum Gasteiger partial charge on any atom is 0.164 e. The average molecular weight is 515 g/mol. The Morgan fingerprint density at radius 1 is 0.500 bits per heavy atom. The number of aromatic nitrogens is 4. The molecule has 40 heavy (non-hydrogen) atoms. The molecule has 1 aliphatic heterocycles. The SMILES string of the molecule is CC1(C)c2ccccc2-n2c3ccccc3c3cc(-c4nc(-c5ccccc5)nc(-c5ccccc5)n4)cc1c32. The van der Waals surface area contributed by atoms with Crippen molar-refractivity contribution in [1.29, 1.82) is 0 Å². The lowest BCUT2D eigenvalue weighted by Crippen LogP contribution is -2.26. The third kappa shape index (κ3) is 3.29. The summed E-state index contributed by atoms with van der Waals surface area (Å²) in [6.45, 7) is 4.65. The molecular formula is C36H26N4. The van der Waals surface area contributed by atoms with Crippen LogP contribution in [0.3, 0.4) is 0 Å². The Balaban J connectivity index is 1.46. The van der Waals surface area contributed by atoms with Gasteiger partial charge < -0.3 is 4.57 Å². The van der Waals surface area contributed by atoms with E-state index in [0.717, 1.165) is 16.7 Å². The molecule has 0 saturated carbocycles. The highest BCUT2D eigenvalue weighted by molar-refractivity contribution is 6.12. The summed E-state index contributed by atoms with van der Waals surface area (Å²) in [6.07, 6.45) is 0. The molecule has 0 fully saturated rings. The topological polar surface area (TPSA) is 43.6 Å². The predicted octanol–water partition coefficient (Wildman–Crippen LogP) is 8.61. The van der Waals surface area contributed by atoms with Crippen molar-refractivity contribution < 1.29 is 0 Å². The maximum absolute atomic E-state index is 5.05. The van der Waals surface area contributed by atoms with E-state index in [9.17, 15) is 0 Å². The van der Waals surface area contributed by atoms with Gasteiger partial charge in [0.05, 0.1) is 16.7 Å². The molecule has 0 aliphatic carbocycles. The molecule has 7 aromatic rings. The summed E-state index contributed by atoms with van der Waals surface area (Å²) in [5.74, 6) is 2.02. The van der Waals surface area contributed by atoms with E-state index in [1.165, 1.54) is 38.6 Å². The second-order valence-electron chi connectivity index (χ2n) is 11.0. The standard InChI is InChI=1S/C36H26N4/c1-36(2)28-18-10-12-20-31(28)40-30-19-11-9-17-26(30)27-21-25(22-29(36)32(27)40)35-38-33(23-13-5-3-6-14-23)37-34(39-35)24-15-7-4-8-16-24/h3-22H,1-2H3. The van der Waals surface area contributed by atoms with Crippen LogP contribution in [-0.4, -0.2) is 19.5 Å². The van der Waals surface area contributed by atoms with Gasteiger partial charge in [0.1, 0.15) is 0 Å². The van der Waals surface area contributed by atoms with E-state index >= 15 is 0 Å². The fourth-order valence-corrected chi connectivity index (χ4v) is 6.23. The van der Waals surface area contributed by atoms with Crippen LogP contribution in [-0.2, 0) is 5.41 Å². The number of fused-ring (bicyclic) bond motifs is 5. The first-order chi connectivity index (χ1) is 19.6. The summed E-state index contributed by atoms with van der Waals surface area (Å²) >= 11 is 0. The van der Waals surface area contributed by atoms with Crippen LogP contribution in [0.15, 0.2) is 121 Å². The number of para-hydroxylation sites is 2. The second-order valence-corrected chi connectivity index (χ2v) is 11.0. The highest BCUT2D eigenvalue weighted by Crippen LogP contribution is 2.48. The van der Waals surface area contributed by atoms with E-state index in [-0.39, 0.29) is 5.41 Å². The number of hydrogen-bond acceptors (Lipinski definition) is 3. The highest BCUT2D eigenvalue weighted by atomic mass is 15.0. The first-order valence-corrected chi connectivity index (χ1v) is 13.6. The Bertz CT molecular complexity index is 2010. The van der Waals surface area contributed by atoms with Gasteiger partial charge in [0.15, 0.2) is 17.5 Å². The normalized spacial score (nSPS) is 13.4. The third-order valence-corrected chi connectivity index (χ3v) is 8.22. The fourth-order valence-electron chi connectivity index (χ4n) is 6.23. The Hall–Kier alpha value is -5.09. The van der Waals surface area contributed by atoms with Gasteiger partial charge in [0.25, 0.3) is 0 Å². The minimum Gasteiger partial charge on any atom is -0.309 e. The first-order valence-electron chi connectivity index (χ1n) is 13.6. The summed E-state index contributed by atoms with van der Waals surface area (Å²) < 4.78 is 2.43. The zero-order valence-corrected chi connectivity index (χ0v) is 22.3. The van der Waals surface area contributed by atoms with E-state index in [4.69, 9.17) is 15.0 Å². The molecule has 0 saturated heterocycles. The Kier molecular flexibility index (Phi) is 4.83. The lowest BCUT2D eigenvalue weighted by molar-refractivity contribution is 0.630. The summed E-state index contributed by atoms with van der Waals surface area (Å²) in [5.41, 5.74) is 9.04. The minimum absolute atomic E-state index is 0.202. The molecule has 3 heterocycles. The van der Waals surface area contributed by atoms with Gasteiger partial charge in [-0.1, -0.05) is 111 Å². The molecular weight excluding hydrogens is 488 g/mol. The van der Waals surface area contributed by atoms with Gasteiger partial charge in [-0.25, -0.2) is 15.0 Å². The highest BCUT2D eigenvalue weighted by Gasteiger charge is 2.35. The number of hydrogen-bond donors (Lipinski definition) is 0. The average Bonchev–Trinajstić information content (AvgIpc) is 3.35. The summed E-state index contributed by atoms with van der Waals surface area (Å²) in [5, 5.41) is 2.45. The lowest BCUT2D eigenvalue weighted by Gasteiger charge is -2.35. The van der Waals surface area contributed by atoms with Crippen molar-refractivity contribution in [2.75, 3.05) is 0 Å². The van der Waals surface area contributed by atoms with Crippen molar-refractivity contribution in [3.63, 3.8) is 0 Å². The van der Waals surface area contributed by atoms with Gasteiger partial charge in [-0.05, 0) is 35.4 Å². The molecule has 5 aromatic carbocycles. The van der Waals surface area contributed by atoms with Crippen molar-refractivity contribution in [3.8, 4) is 39.9 Å². The predicted molar refractivity (Wildman–Crippen MR) is 163 cm³/mol. The molecule has 0 amide bonds. The monoisotopic (exact) mass is 514 g/mol. The zero-order valence-electron chi connectivity index (χ0n) is 22.3. The van der Waals surface area contributed by atoms with Crippen LogP contribution in [0, 0.1) is 0 Å². The molecule has 0 radical (unpaired) electrons. The molecule has 1 aliphatic rings. The van der Waals surface area contributed by atoms with E-state index < -0.39 is 0 Å². The van der Waals surface area contributed by atoms with Crippen LogP contribution >= 0.6 is 0 Å². The van der Waals surface area contributed by atoms with Gasteiger partial charge in [0.2, 0.25) is 0 Å². The third-order valence-electron chi connectivity index (χ3n) is 8.22. The van der Waals surface area contributed by atoms with Crippen LogP contribution in [0.5, 0.6) is 0 Å². The van der Waals surface area contributed by atoms with Crippen LogP contribution in [0.1, 0.15) is 25.0 Å². The largest absolute Gasteiger partial charge is 0.309 e. The zero-order chi connectivity index (χ0) is 26.8. The van der Waals surface area contributed by atoms with E-state index in [0.29, 0.717) is 17.5 Å². The Morgan fingerprint density at radius 2 is 1.05 bits per heavy atom. The van der Waals surface area contributed by atoms with Gasteiger partial charge in [0, 0.05) is 32.9 Å². The van der Waals surface area contributed by atoms with Crippen molar-refractivity contribution in [3.05, 3.63) is 132 Å². The number of benzene rings is 5. The van der Waals surface area contributed by atoms with Crippen molar-refractivity contribution in [2.45, 2.75) is 19.3 Å². The van der Waals surface area contributed by atoms with Crippen LogP contribution in [0.4, 0.5) is 0 Å². The van der Waals surface area contributed by atoms with Gasteiger partial charge in [-0.2, -0.15) is 0 Å². The van der Waals surface area contributed by atoms with Crippen LogP contribution in [0.2, 0.25) is 0 Å². The summed E-state index contributed by atoms with van der Waals surface area (Å²) in [7, 11) is 0. The first kappa shape index (κ1) is 22.9. The second kappa shape index (κ2) is 8.45.